The van der Waals surface area contributed by atoms with Crippen LogP contribution in [-0.4, -0.2) is 25.5 Å². The molecule has 0 bridgehead atoms. The average Bonchev–Trinajstić information content (AvgIpc) is 3.05. The van der Waals surface area contributed by atoms with Crippen molar-refractivity contribution in [2.45, 2.75) is 25.9 Å². The molecule has 0 atom stereocenters. The molecule has 0 unspecified atom stereocenters. The Labute approximate surface area is 110 Å². The number of halogens is 1. The number of aryl methyl sites for hydroxylation is 1. The molecule has 3 nitrogen and oxygen atoms in total. The molecule has 1 saturated carbocycles. The largest absolute Gasteiger partial charge is 0.488 e. The van der Waals surface area contributed by atoms with Crippen LogP contribution >= 0.6 is 15.9 Å². The van der Waals surface area contributed by atoms with Crippen LogP contribution in [0.25, 0.3) is 0 Å². The normalized spacial score (nSPS) is 14.8. The lowest BCUT2D eigenvalue weighted by atomic mass is 10.1. The standard InChI is InChI=1S/C13H16BrNO2/c1-8-5-10(12(16)7-15-2)13(11(14)6-8)17-9-3-4-9/h5-6,9,15H,3-4,7H2,1-2H3. The zero-order chi connectivity index (χ0) is 12.4. The Morgan fingerprint density at radius 3 is 2.82 bits per heavy atom. The lowest BCUT2D eigenvalue weighted by molar-refractivity contribution is 0.0989. The molecule has 1 aliphatic carbocycles. The minimum Gasteiger partial charge on any atom is -0.488 e. The fourth-order valence-electron chi connectivity index (χ4n) is 1.66. The van der Waals surface area contributed by atoms with Gasteiger partial charge in [0, 0.05) is 0 Å². The third-order valence-electron chi connectivity index (χ3n) is 2.63. The van der Waals surface area contributed by atoms with E-state index in [2.05, 4.69) is 21.2 Å². The molecule has 1 aliphatic rings. The number of benzene rings is 1. The number of hydrogen-bond acceptors (Lipinski definition) is 3. The molecule has 1 fully saturated rings. The Kier molecular flexibility index (Phi) is 3.84. The van der Waals surface area contributed by atoms with Gasteiger partial charge in [-0.25, -0.2) is 0 Å². The maximum Gasteiger partial charge on any atom is 0.180 e. The molecular weight excluding hydrogens is 282 g/mol. The first-order valence-electron chi connectivity index (χ1n) is 5.76. The Hall–Kier alpha value is -0.870. The van der Waals surface area contributed by atoms with Gasteiger partial charge >= 0.3 is 0 Å². The van der Waals surface area contributed by atoms with Gasteiger partial charge in [0.1, 0.15) is 5.75 Å². The molecule has 0 saturated heterocycles. The van der Waals surface area contributed by atoms with Gasteiger partial charge in [-0.1, -0.05) is 0 Å². The van der Waals surface area contributed by atoms with E-state index in [9.17, 15) is 4.79 Å². The maximum absolute atomic E-state index is 12.0. The van der Waals surface area contributed by atoms with Gasteiger partial charge in [-0.3, -0.25) is 4.79 Å². The highest BCUT2D eigenvalue weighted by atomic mass is 79.9. The van der Waals surface area contributed by atoms with Gasteiger partial charge in [0.25, 0.3) is 0 Å². The van der Waals surface area contributed by atoms with Crippen LogP contribution in [0.15, 0.2) is 16.6 Å². The van der Waals surface area contributed by atoms with Gasteiger partial charge < -0.3 is 10.1 Å². The number of carbonyl (C=O) groups is 1. The van der Waals surface area contributed by atoms with E-state index in [1.807, 2.05) is 19.1 Å². The van der Waals surface area contributed by atoms with Crippen molar-refractivity contribution in [3.05, 3.63) is 27.7 Å². The number of rotatable bonds is 5. The lowest BCUT2D eigenvalue weighted by Crippen LogP contribution is -2.19. The van der Waals surface area contributed by atoms with Crippen LogP contribution in [0.1, 0.15) is 28.8 Å². The summed E-state index contributed by atoms with van der Waals surface area (Å²) in [6.45, 7) is 2.30. The molecule has 0 radical (unpaired) electrons. The smallest absolute Gasteiger partial charge is 0.180 e. The molecule has 1 N–H and O–H groups in total. The van der Waals surface area contributed by atoms with Gasteiger partial charge in [-0.15, -0.1) is 0 Å². The van der Waals surface area contributed by atoms with Crippen molar-refractivity contribution in [3.63, 3.8) is 0 Å². The van der Waals surface area contributed by atoms with E-state index in [0.717, 1.165) is 22.9 Å². The maximum atomic E-state index is 12.0. The lowest BCUT2D eigenvalue weighted by Gasteiger charge is -2.13. The second-order valence-electron chi connectivity index (χ2n) is 4.39. The summed E-state index contributed by atoms with van der Waals surface area (Å²) in [6, 6.07) is 3.87. The van der Waals surface area contributed by atoms with E-state index in [0.29, 0.717) is 17.9 Å². The molecule has 2 rings (SSSR count). The van der Waals surface area contributed by atoms with Crippen LogP contribution in [0.2, 0.25) is 0 Å². The zero-order valence-corrected chi connectivity index (χ0v) is 11.6. The van der Waals surface area contributed by atoms with Crippen molar-refractivity contribution >= 4 is 21.7 Å². The van der Waals surface area contributed by atoms with E-state index < -0.39 is 0 Å². The monoisotopic (exact) mass is 297 g/mol. The van der Waals surface area contributed by atoms with Crippen LogP contribution in [0.5, 0.6) is 5.75 Å². The van der Waals surface area contributed by atoms with E-state index in [4.69, 9.17) is 4.74 Å². The van der Waals surface area contributed by atoms with Gasteiger partial charge in [0.2, 0.25) is 0 Å². The Balaban J connectivity index is 2.34. The second-order valence-corrected chi connectivity index (χ2v) is 5.25. The van der Waals surface area contributed by atoms with Crippen molar-refractivity contribution in [3.8, 4) is 5.75 Å². The molecule has 92 valence electrons. The molecule has 0 spiro atoms. The summed E-state index contributed by atoms with van der Waals surface area (Å²) in [4.78, 5) is 12.0. The number of ketones is 1. The topological polar surface area (TPSA) is 38.3 Å². The summed E-state index contributed by atoms with van der Waals surface area (Å²) >= 11 is 3.48. The molecule has 0 heterocycles. The number of Topliss-reactive ketones (excluding diaryl/α,β-unsaturated/α-hetero) is 1. The zero-order valence-electron chi connectivity index (χ0n) is 10.0. The molecule has 0 aliphatic heterocycles. The summed E-state index contributed by atoms with van der Waals surface area (Å²) in [5, 5.41) is 2.88. The first-order chi connectivity index (χ1) is 8.11. The van der Waals surface area contributed by atoms with Crippen LogP contribution in [0.4, 0.5) is 0 Å². The van der Waals surface area contributed by atoms with Crippen molar-refractivity contribution in [1.82, 2.24) is 5.32 Å². The first-order valence-corrected chi connectivity index (χ1v) is 6.55. The third-order valence-corrected chi connectivity index (χ3v) is 3.22. The van der Waals surface area contributed by atoms with Gasteiger partial charge in [-0.05, 0) is 60.4 Å². The molecule has 1 aromatic rings. The van der Waals surface area contributed by atoms with Crippen LogP contribution in [0.3, 0.4) is 0 Å². The molecule has 0 amide bonds. The van der Waals surface area contributed by atoms with Gasteiger partial charge in [-0.2, -0.15) is 0 Å². The van der Waals surface area contributed by atoms with Crippen LogP contribution < -0.4 is 10.1 Å². The van der Waals surface area contributed by atoms with E-state index in [-0.39, 0.29) is 11.9 Å². The van der Waals surface area contributed by atoms with Crippen molar-refractivity contribution in [2.75, 3.05) is 13.6 Å². The molecule has 4 heteroatoms. The summed E-state index contributed by atoms with van der Waals surface area (Å²) in [5.74, 6) is 0.755. The molecule has 1 aromatic carbocycles. The fourth-order valence-corrected chi connectivity index (χ4v) is 2.33. The highest BCUT2D eigenvalue weighted by molar-refractivity contribution is 9.10. The average molecular weight is 298 g/mol. The van der Waals surface area contributed by atoms with Crippen molar-refractivity contribution in [1.29, 1.82) is 0 Å². The summed E-state index contributed by atoms with van der Waals surface area (Å²) in [6.07, 6.45) is 2.45. The Morgan fingerprint density at radius 1 is 1.53 bits per heavy atom. The number of ether oxygens (including phenoxy) is 1. The number of likely N-dealkylation sites (N-methyl/N-ethyl adjacent to an activating group) is 1. The number of nitrogens with one attached hydrogen (secondary N) is 1. The quantitative estimate of drug-likeness (QED) is 0.849. The van der Waals surface area contributed by atoms with Gasteiger partial charge in [0.05, 0.1) is 22.7 Å². The summed E-state index contributed by atoms with van der Waals surface area (Å²) in [5.41, 5.74) is 1.72. The highest BCUT2D eigenvalue weighted by Crippen LogP contribution is 2.36. The highest BCUT2D eigenvalue weighted by Gasteiger charge is 2.27. The summed E-state index contributed by atoms with van der Waals surface area (Å²) in [7, 11) is 1.77. The SMILES string of the molecule is CNCC(=O)c1cc(C)cc(Br)c1OC1CC1. The number of carbonyl (C=O) groups excluding carboxylic acids is 1. The van der Waals surface area contributed by atoms with E-state index in [1.165, 1.54) is 0 Å². The van der Waals surface area contributed by atoms with E-state index >= 15 is 0 Å². The van der Waals surface area contributed by atoms with Crippen LogP contribution in [0, 0.1) is 6.92 Å². The summed E-state index contributed by atoms with van der Waals surface area (Å²) < 4.78 is 6.68. The van der Waals surface area contributed by atoms with E-state index in [1.54, 1.807) is 7.05 Å². The predicted molar refractivity (Wildman–Crippen MR) is 70.8 cm³/mol. The number of hydrogen-bond donors (Lipinski definition) is 1. The molecular formula is C13H16BrNO2. The Bertz CT molecular complexity index is 441. The molecule has 17 heavy (non-hydrogen) atoms. The fraction of sp³-hybridized carbons (Fsp3) is 0.462. The first kappa shape index (κ1) is 12.6. The third kappa shape index (κ3) is 3.07. The minimum atomic E-state index is 0.0625. The van der Waals surface area contributed by atoms with Gasteiger partial charge in [0.15, 0.2) is 5.78 Å². The Morgan fingerprint density at radius 2 is 2.24 bits per heavy atom. The van der Waals surface area contributed by atoms with Crippen molar-refractivity contribution < 1.29 is 9.53 Å². The predicted octanol–water partition coefficient (Wildman–Crippen LogP) is 2.70. The van der Waals surface area contributed by atoms with Crippen LogP contribution in [-0.2, 0) is 0 Å². The minimum absolute atomic E-state index is 0.0625. The second kappa shape index (κ2) is 5.19. The van der Waals surface area contributed by atoms with Crippen molar-refractivity contribution in [2.24, 2.45) is 0 Å². The molecule has 0 aromatic heterocycles.